The van der Waals surface area contributed by atoms with Gasteiger partial charge in [0.1, 0.15) is 4.34 Å². The number of aliphatic carboxylic acids is 2. The van der Waals surface area contributed by atoms with Crippen molar-refractivity contribution in [2.24, 2.45) is 7.05 Å². The fourth-order valence-electron chi connectivity index (χ4n) is 0.390. The normalized spacial score (nSPS) is 7.53. The van der Waals surface area contributed by atoms with Crippen LogP contribution in [0.1, 0.15) is 13.8 Å². The molecule has 1 aromatic heterocycles. The van der Waals surface area contributed by atoms with Gasteiger partial charge in [-0.15, -0.1) is 0 Å². The molecule has 0 bridgehead atoms. The van der Waals surface area contributed by atoms with E-state index in [-0.39, 0.29) is 25.0 Å². The van der Waals surface area contributed by atoms with Crippen molar-refractivity contribution in [2.45, 2.75) is 13.8 Å². The van der Waals surface area contributed by atoms with Gasteiger partial charge in [-0.2, -0.15) is 0 Å². The van der Waals surface area contributed by atoms with Gasteiger partial charge in [-0.1, -0.05) is 11.6 Å². The molecule has 0 atom stereocenters. The summed E-state index contributed by atoms with van der Waals surface area (Å²) in [6.07, 6.45) is 0. The predicted octanol–water partition coefficient (Wildman–Crippen LogP) is -1.39. The Hall–Kier alpha value is -0.717. The number of carbonyl (C=O) groups is 2. The molecule has 1 heterocycles. The molecule has 0 saturated heterocycles. The predicted molar refractivity (Wildman–Crippen MR) is 55.9 cm³/mol. The Balaban J connectivity index is -0.000000189. The van der Waals surface area contributed by atoms with Gasteiger partial charge < -0.3 is 19.8 Å². The first-order valence-electron chi connectivity index (χ1n) is 3.84. The van der Waals surface area contributed by atoms with Crippen molar-refractivity contribution in [1.82, 2.24) is 3.96 Å². The number of rotatable bonds is 0. The largest absolute Gasteiger partial charge is 2.00 e. The minimum atomic E-state index is -1.08. The van der Waals surface area contributed by atoms with E-state index in [0.29, 0.717) is 4.34 Å². The summed E-state index contributed by atoms with van der Waals surface area (Å²) in [5, 5.41) is 17.8. The Morgan fingerprint density at radius 1 is 1.29 bits per heavy atom. The summed E-state index contributed by atoms with van der Waals surface area (Å²) in [6, 6.07) is 1.40. The van der Waals surface area contributed by atoms with E-state index in [4.69, 9.17) is 31.4 Å². The van der Waals surface area contributed by atoms with Crippen LogP contribution in [0.5, 0.6) is 0 Å². The molecule has 0 aliphatic rings. The Labute approximate surface area is 120 Å². The molecule has 0 amide bonds. The van der Waals surface area contributed by atoms with Crippen LogP contribution < -0.4 is 15.8 Å². The fourth-order valence-corrected chi connectivity index (χ4v) is 1.35. The standard InChI is InChI=1S/C4H4ClNOS.2C2H4O2.Zn/c1-6-4(7)2-3(5)8-6;2*1-2(3)4;/h2H,1H3;2*1H3,(H,3,4);/q;;;+2/p-2. The Morgan fingerprint density at radius 2 is 1.59 bits per heavy atom. The summed E-state index contributed by atoms with van der Waals surface area (Å²) in [6.45, 7) is 1.94. The maximum atomic E-state index is 10.5. The minimum Gasteiger partial charge on any atom is -0.550 e. The summed E-state index contributed by atoms with van der Waals surface area (Å²) in [5.74, 6) is -2.17. The van der Waals surface area contributed by atoms with E-state index in [2.05, 4.69) is 0 Å². The van der Waals surface area contributed by atoms with Gasteiger partial charge >= 0.3 is 19.5 Å². The second-order valence-corrected chi connectivity index (χ2v) is 4.16. The van der Waals surface area contributed by atoms with Crippen molar-refractivity contribution in [3.63, 3.8) is 0 Å². The first-order chi connectivity index (χ1) is 7.16. The molecule has 0 unspecified atom stereocenters. The van der Waals surface area contributed by atoms with Crippen LogP contribution in [0.2, 0.25) is 4.34 Å². The molecule has 6 nitrogen and oxygen atoms in total. The average Bonchev–Trinajstić information content (AvgIpc) is 2.26. The molecule has 0 fully saturated rings. The van der Waals surface area contributed by atoms with Crippen LogP contribution in [0.15, 0.2) is 10.9 Å². The van der Waals surface area contributed by atoms with Gasteiger partial charge in [0.05, 0.1) is 0 Å². The summed E-state index contributed by atoms with van der Waals surface area (Å²) >= 11 is 6.70. The van der Waals surface area contributed by atoms with Crippen molar-refractivity contribution in [1.29, 1.82) is 0 Å². The van der Waals surface area contributed by atoms with Crippen molar-refractivity contribution >= 4 is 35.1 Å². The van der Waals surface area contributed by atoms with E-state index in [1.165, 1.54) is 21.6 Å². The van der Waals surface area contributed by atoms with Gasteiger partial charge in [-0.25, -0.2) is 0 Å². The topological polar surface area (TPSA) is 102 Å². The quantitative estimate of drug-likeness (QED) is 0.544. The van der Waals surface area contributed by atoms with Crippen LogP contribution in [0.25, 0.3) is 0 Å². The van der Waals surface area contributed by atoms with Crippen molar-refractivity contribution < 1.29 is 39.3 Å². The maximum Gasteiger partial charge on any atom is 2.00 e. The summed E-state index contributed by atoms with van der Waals surface area (Å²) in [7, 11) is 1.68. The third-order valence-electron chi connectivity index (χ3n) is 0.771. The van der Waals surface area contributed by atoms with Crippen molar-refractivity contribution in [3.05, 3.63) is 20.8 Å². The first-order valence-corrected chi connectivity index (χ1v) is 5.00. The monoisotopic (exact) mass is 331 g/mol. The zero-order valence-corrected chi connectivity index (χ0v) is 14.1. The van der Waals surface area contributed by atoms with E-state index in [1.807, 2.05) is 0 Å². The van der Waals surface area contributed by atoms with Crippen LogP contribution in [0, 0.1) is 0 Å². The molecular formula is C8H10ClNO5SZn. The van der Waals surface area contributed by atoms with E-state index < -0.39 is 11.9 Å². The van der Waals surface area contributed by atoms with Gasteiger partial charge in [-0.3, -0.25) is 8.75 Å². The molecule has 1 rings (SSSR count). The zero-order chi connectivity index (χ0) is 13.3. The zero-order valence-electron chi connectivity index (χ0n) is 9.56. The average molecular weight is 333 g/mol. The van der Waals surface area contributed by atoms with Gasteiger partial charge in [0.2, 0.25) is 0 Å². The van der Waals surface area contributed by atoms with Crippen molar-refractivity contribution in [2.75, 3.05) is 0 Å². The summed E-state index contributed by atoms with van der Waals surface area (Å²) in [5.41, 5.74) is -0.0417. The maximum absolute atomic E-state index is 10.5. The smallest absolute Gasteiger partial charge is 0.550 e. The number of carboxylic acids is 2. The van der Waals surface area contributed by atoms with Gasteiger partial charge in [0, 0.05) is 25.1 Å². The molecule has 0 spiro atoms. The molecule has 0 aliphatic heterocycles. The van der Waals surface area contributed by atoms with E-state index in [1.54, 1.807) is 7.05 Å². The number of halogens is 1. The number of carboxylic acid groups (broad SMARTS) is 2. The van der Waals surface area contributed by atoms with E-state index in [9.17, 15) is 4.79 Å². The number of hydrogen-bond donors (Lipinski definition) is 0. The van der Waals surface area contributed by atoms with Gasteiger partial charge in [0.25, 0.3) is 5.56 Å². The van der Waals surface area contributed by atoms with Gasteiger partial charge in [0.15, 0.2) is 0 Å². The third kappa shape index (κ3) is 21.2. The van der Waals surface area contributed by atoms with Gasteiger partial charge in [-0.05, 0) is 25.4 Å². The molecule has 0 aromatic carbocycles. The van der Waals surface area contributed by atoms with E-state index in [0.717, 1.165) is 13.8 Å². The molecular weight excluding hydrogens is 323 g/mol. The minimum absolute atomic E-state index is 0. The molecule has 0 N–H and O–H groups in total. The molecule has 9 heteroatoms. The molecule has 0 aliphatic carbocycles. The second-order valence-electron chi connectivity index (χ2n) is 2.36. The number of carbonyl (C=O) groups excluding carboxylic acids is 2. The van der Waals surface area contributed by atoms with E-state index >= 15 is 0 Å². The number of nitrogens with zero attached hydrogens (tertiary/aromatic N) is 1. The van der Waals surface area contributed by atoms with Crippen LogP contribution in [-0.2, 0) is 36.1 Å². The molecule has 92 valence electrons. The molecule has 1 aromatic rings. The first kappa shape index (κ1) is 21.6. The third-order valence-corrected chi connectivity index (χ3v) is 1.83. The Kier molecular flexibility index (Phi) is 14.9. The second kappa shape index (κ2) is 11.8. The Morgan fingerprint density at radius 3 is 1.65 bits per heavy atom. The summed E-state index contributed by atoms with van der Waals surface area (Å²) in [4.78, 5) is 28.3. The van der Waals surface area contributed by atoms with Crippen LogP contribution in [0.3, 0.4) is 0 Å². The number of aromatic nitrogens is 1. The summed E-state index contributed by atoms with van der Waals surface area (Å²) < 4.78 is 2.01. The molecule has 0 radical (unpaired) electrons. The SMILES string of the molecule is CC(=O)[O-].CC(=O)[O-].Cn1sc(Cl)cc1=O.[Zn+2]. The van der Waals surface area contributed by atoms with Crippen molar-refractivity contribution in [3.8, 4) is 0 Å². The molecule has 0 saturated carbocycles. The van der Waals surface area contributed by atoms with Crippen LogP contribution in [-0.4, -0.2) is 15.9 Å². The van der Waals surface area contributed by atoms with Crippen LogP contribution in [0.4, 0.5) is 0 Å². The Bertz CT molecular complexity index is 383. The fraction of sp³-hybridized carbons (Fsp3) is 0.375. The van der Waals surface area contributed by atoms with Crippen LogP contribution >= 0.6 is 23.1 Å². The molecule has 17 heavy (non-hydrogen) atoms. The number of hydrogen-bond acceptors (Lipinski definition) is 6. The number of aryl methyl sites for hydroxylation is 1.